The minimum absolute atomic E-state index is 0.0747. The molecule has 2 aromatic carbocycles. The van der Waals surface area contributed by atoms with Gasteiger partial charge < -0.3 is 20.4 Å². The number of carbonyl (C=O) groups is 2. The second kappa shape index (κ2) is 11.5. The van der Waals surface area contributed by atoms with E-state index in [0.29, 0.717) is 31.0 Å². The van der Waals surface area contributed by atoms with Gasteiger partial charge in [-0.3, -0.25) is 9.59 Å². The van der Waals surface area contributed by atoms with Crippen LogP contribution in [-0.2, 0) is 9.59 Å². The summed E-state index contributed by atoms with van der Waals surface area (Å²) in [6.45, 7) is 4.39. The number of hydrogen-bond donors (Lipinski definition) is 2. The van der Waals surface area contributed by atoms with Crippen LogP contribution in [0.15, 0.2) is 72.9 Å². The molecular formula is C28H30N6O2. The van der Waals surface area contributed by atoms with Gasteiger partial charge in [0.25, 0.3) is 0 Å². The van der Waals surface area contributed by atoms with Crippen molar-refractivity contribution in [2.24, 2.45) is 0 Å². The SMILES string of the molecule is C[C@H](CNC(C(=O)Nc1ccc(N2CCN(C)C(=O)C2)cn1)c1ccccc1)c1ccc(C#N)cc1. The summed E-state index contributed by atoms with van der Waals surface area (Å²) in [5, 5.41) is 15.3. The highest BCUT2D eigenvalue weighted by molar-refractivity contribution is 5.95. The first kappa shape index (κ1) is 24.9. The molecule has 1 unspecified atom stereocenters. The van der Waals surface area contributed by atoms with Gasteiger partial charge in [0.1, 0.15) is 11.9 Å². The van der Waals surface area contributed by atoms with Crippen molar-refractivity contribution < 1.29 is 9.59 Å². The van der Waals surface area contributed by atoms with E-state index in [1.54, 1.807) is 36.3 Å². The summed E-state index contributed by atoms with van der Waals surface area (Å²) in [4.78, 5) is 33.4. The van der Waals surface area contributed by atoms with E-state index in [-0.39, 0.29) is 17.7 Å². The Balaban J connectivity index is 1.42. The lowest BCUT2D eigenvalue weighted by Gasteiger charge is -2.33. The van der Waals surface area contributed by atoms with Crippen LogP contribution in [0.2, 0.25) is 0 Å². The molecule has 3 aromatic rings. The molecule has 8 heteroatoms. The molecule has 0 spiro atoms. The minimum Gasteiger partial charge on any atom is -0.359 e. The van der Waals surface area contributed by atoms with Gasteiger partial charge in [0, 0.05) is 26.7 Å². The number of pyridine rings is 1. The maximum absolute atomic E-state index is 13.3. The van der Waals surface area contributed by atoms with Gasteiger partial charge in [-0.1, -0.05) is 49.4 Å². The second-order valence-corrected chi connectivity index (χ2v) is 9.01. The molecule has 2 heterocycles. The Morgan fingerprint density at radius 2 is 1.81 bits per heavy atom. The predicted octanol–water partition coefficient (Wildman–Crippen LogP) is 3.30. The molecule has 2 amide bonds. The van der Waals surface area contributed by atoms with Crippen LogP contribution in [0, 0.1) is 11.3 Å². The normalized spacial score (nSPS) is 15.2. The Hall–Kier alpha value is -4.22. The Labute approximate surface area is 211 Å². The predicted molar refractivity (Wildman–Crippen MR) is 139 cm³/mol. The molecule has 36 heavy (non-hydrogen) atoms. The standard InChI is InChI=1S/C28H30N6O2/c1-20(22-10-8-21(16-29)9-11-22)17-31-27(23-6-4-3-5-7-23)28(36)32-25-13-12-24(18-30-25)34-15-14-33(2)26(35)19-34/h3-13,18,20,27,31H,14-15,17,19H2,1-2H3,(H,30,32,36)/t20-,27?/m1/s1. The lowest BCUT2D eigenvalue weighted by Crippen LogP contribution is -2.48. The summed E-state index contributed by atoms with van der Waals surface area (Å²) < 4.78 is 0. The molecule has 1 aliphatic rings. The summed E-state index contributed by atoms with van der Waals surface area (Å²) in [6, 6.07) is 22.3. The lowest BCUT2D eigenvalue weighted by molar-refractivity contribution is -0.129. The van der Waals surface area contributed by atoms with Gasteiger partial charge in [-0.05, 0) is 41.3 Å². The molecule has 8 nitrogen and oxygen atoms in total. The largest absolute Gasteiger partial charge is 0.359 e. The third kappa shape index (κ3) is 6.06. The highest BCUT2D eigenvalue weighted by atomic mass is 16.2. The third-order valence-corrected chi connectivity index (χ3v) is 6.45. The van der Waals surface area contributed by atoms with Crippen molar-refractivity contribution in [3.8, 4) is 6.07 Å². The van der Waals surface area contributed by atoms with Crippen LogP contribution in [-0.4, -0.2) is 54.9 Å². The topological polar surface area (TPSA) is 101 Å². The van der Waals surface area contributed by atoms with E-state index in [2.05, 4.69) is 28.6 Å². The average molecular weight is 483 g/mol. The van der Waals surface area contributed by atoms with Crippen LogP contribution < -0.4 is 15.5 Å². The summed E-state index contributed by atoms with van der Waals surface area (Å²) in [6.07, 6.45) is 1.69. The van der Waals surface area contributed by atoms with Gasteiger partial charge in [0.05, 0.1) is 30.1 Å². The molecule has 184 valence electrons. The Morgan fingerprint density at radius 1 is 1.06 bits per heavy atom. The number of rotatable bonds is 8. The zero-order chi connectivity index (χ0) is 25.5. The van der Waals surface area contributed by atoms with Crippen LogP contribution in [0.4, 0.5) is 11.5 Å². The second-order valence-electron chi connectivity index (χ2n) is 9.01. The highest BCUT2D eigenvalue weighted by Crippen LogP contribution is 2.21. The molecule has 1 aromatic heterocycles. The van der Waals surface area contributed by atoms with Gasteiger partial charge in [0.2, 0.25) is 11.8 Å². The average Bonchev–Trinajstić information content (AvgIpc) is 2.91. The molecule has 0 radical (unpaired) electrons. The Kier molecular flexibility index (Phi) is 7.93. The van der Waals surface area contributed by atoms with Gasteiger partial charge in [-0.2, -0.15) is 5.26 Å². The Morgan fingerprint density at radius 3 is 2.44 bits per heavy atom. The maximum atomic E-state index is 13.3. The van der Waals surface area contributed by atoms with Crippen molar-refractivity contribution in [3.05, 3.63) is 89.6 Å². The van der Waals surface area contributed by atoms with E-state index in [4.69, 9.17) is 5.26 Å². The van der Waals surface area contributed by atoms with Crippen LogP contribution in [0.5, 0.6) is 0 Å². The van der Waals surface area contributed by atoms with Crippen molar-refractivity contribution in [1.82, 2.24) is 15.2 Å². The van der Waals surface area contributed by atoms with Crippen LogP contribution >= 0.6 is 0 Å². The van der Waals surface area contributed by atoms with E-state index in [1.165, 1.54) is 0 Å². The van der Waals surface area contributed by atoms with E-state index in [0.717, 1.165) is 23.4 Å². The van der Waals surface area contributed by atoms with Crippen molar-refractivity contribution in [2.75, 3.05) is 43.4 Å². The first-order valence-corrected chi connectivity index (χ1v) is 12.0. The number of benzene rings is 2. The van der Waals surface area contributed by atoms with Crippen molar-refractivity contribution in [3.63, 3.8) is 0 Å². The highest BCUT2D eigenvalue weighted by Gasteiger charge is 2.23. The number of nitrogens with zero attached hydrogens (tertiary/aromatic N) is 4. The number of amides is 2. The molecule has 1 fully saturated rings. The van der Waals surface area contributed by atoms with Crippen LogP contribution in [0.25, 0.3) is 0 Å². The summed E-state index contributed by atoms with van der Waals surface area (Å²) in [7, 11) is 1.80. The molecule has 0 bridgehead atoms. The van der Waals surface area contributed by atoms with E-state index in [1.807, 2.05) is 53.4 Å². The summed E-state index contributed by atoms with van der Waals surface area (Å²) in [5.41, 5.74) is 3.42. The minimum atomic E-state index is -0.566. The summed E-state index contributed by atoms with van der Waals surface area (Å²) in [5.74, 6) is 0.460. The third-order valence-electron chi connectivity index (χ3n) is 6.45. The van der Waals surface area contributed by atoms with Crippen molar-refractivity contribution >= 4 is 23.3 Å². The van der Waals surface area contributed by atoms with Gasteiger partial charge >= 0.3 is 0 Å². The number of anilines is 2. The molecule has 0 aliphatic carbocycles. The number of nitriles is 1. The number of nitrogens with one attached hydrogen (secondary N) is 2. The zero-order valence-corrected chi connectivity index (χ0v) is 20.5. The van der Waals surface area contributed by atoms with E-state index < -0.39 is 6.04 Å². The number of carbonyl (C=O) groups excluding carboxylic acids is 2. The lowest BCUT2D eigenvalue weighted by atomic mass is 9.98. The fourth-order valence-electron chi connectivity index (χ4n) is 4.13. The van der Waals surface area contributed by atoms with Gasteiger partial charge in [-0.25, -0.2) is 4.98 Å². The first-order chi connectivity index (χ1) is 17.4. The Bertz CT molecular complexity index is 1220. The molecule has 1 aliphatic heterocycles. The fraction of sp³-hybridized carbons (Fsp3) is 0.286. The number of aromatic nitrogens is 1. The summed E-state index contributed by atoms with van der Waals surface area (Å²) >= 11 is 0. The maximum Gasteiger partial charge on any atom is 0.247 e. The quantitative estimate of drug-likeness (QED) is 0.511. The van der Waals surface area contributed by atoms with Crippen LogP contribution in [0.3, 0.4) is 0 Å². The van der Waals surface area contributed by atoms with Gasteiger partial charge in [-0.15, -0.1) is 0 Å². The number of likely N-dealkylation sites (N-methyl/N-ethyl adjacent to an activating group) is 1. The zero-order valence-electron chi connectivity index (χ0n) is 20.5. The van der Waals surface area contributed by atoms with Crippen molar-refractivity contribution in [2.45, 2.75) is 18.9 Å². The molecular weight excluding hydrogens is 452 g/mol. The molecule has 2 N–H and O–H groups in total. The number of piperazine rings is 1. The van der Waals surface area contributed by atoms with E-state index in [9.17, 15) is 9.59 Å². The molecule has 0 saturated carbocycles. The van der Waals surface area contributed by atoms with Crippen LogP contribution in [0.1, 0.15) is 35.6 Å². The molecule has 1 saturated heterocycles. The molecule has 2 atom stereocenters. The smallest absolute Gasteiger partial charge is 0.247 e. The van der Waals surface area contributed by atoms with E-state index >= 15 is 0 Å². The van der Waals surface area contributed by atoms with Gasteiger partial charge in [0.15, 0.2) is 0 Å². The monoisotopic (exact) mass is 482 g/mol. The first-order valence-electron chi connectivity index (χ1n) is 12.0. The molecule has 4 rings (SSSR count). The van der Waals surface area contributed by atoms with Crippen molar-refractivity contribution in [1.29, 1.82) is 5.26 Å². The number of hydrogen-bond acceptors (Lipinski definition) is 6. The fourth-order valence-corrected chi connectivity index (χ4v) is 4.13.